The summed E-state index contributed by atoms with van der Waals surface area (Å²) in [6.07, 6.45) is 5.90. The van der Waals surface area contributed by atoms with Crippen molar-refractivity contribution in [3.63, 3.8) is 0 Å². The molecule has 1 aromatic carbocycles. The number of ether oxygens (including phenoxy) is 1. The van der Waals surface area contributed by atoms with Crippen molar-refractivity contribution in [1.82, 2.24) is 5.32 Å². The van der Waals surface area contributed by atoms with Crippen LogP contribution in [0.3, 0.4) is 0 Å². The molecule has 1 aliphatic heterocycles. The molecule has 1 heterocycles. The molecule has 20 heavy (non-hydrogen) atoms. The van der Waals surface area contributed by atoms with E-state index < -0.39 is 0 Å². The maximum absolute atomic E-state index is 12.2. The van der Waals surface area contributed by atoms with E-state index in [9.17, 15) is 4.79 Å². The Bertz CT molecular complexity index is 503. The van der Waals surface area contributed by atoms with Gasteiger partial charge in [-0.25, -0.2) is 0 Å². The van der Waals surface area contributed by atoms with Gasteiger partial charge in [0.15, 0.2) is 0 Å². The highest BCUT2D eigenvalue weighted by atomic mass is 79.9. The van der Waals surface area contributed by atoms with Crippen LogP contribution in [0, 0.1) is 5.92 Å². The predicted molar refractivity (Wildman–Crippen MR) is 82.6 cm³/mol. The molecule has 1 amide bonds. The Kier molecular flexibility index (Phi) is 4.29. The fraction of sp³-hybridized carbons (Fsp3) is 0.562. The number of fused-ring (bicyclic) bond motifs is 1. The second kappa shape index (κ2) is 6.17. The van der Waals surface area contributed by atoms with E-state index in [0.717, 1.165) is 36.4 Å². The maximum Gasteiger partial charge on any atom is 0.251 e. The molecule has 1 aliphatic carbocycles. The maximum atomic E-state index is 12.2. The van der Waals surface area contributed by atoms with Crippen LogP contribution in [0.15, 0.2) is 18.2 Å². The third-order valence-corrected chi connectivity index (χ3v) is 5.50. The van der Waals surface area contributed by atoms with E-state index in [-0.39, 0.29) is 5.91 Å². The zero-order valence-electron chi connectivity index (χ0n) is 11.5. The second-order valence-corrected chi connectivity index (χ2v) is 6.87. The number of nitrogens with one attached hydrogen (secondary N) is 1. The lowest BCUT2D eigenvalue weighted by atomic mass is 9.89. The van der Waals surface area contributed by atoms with Crippen molar-refractivity contribution in [2.24, 2.45) is 5.92 Å². The van der Waals surface area contributed by atoms with Crippen molar-refractivity contribution < 1.29 is 9.53 Å². The first-order valence-electron chi connectivity index (χ1n) is 7.42. The lowest BCUT2D eigenvalue weighted by Gasteiger charge is -2.27. The zero-order valence-corrected chi connectivity index (χ0v) is 13.1. The highest BCUT2D eigenvalue weighted by Gasteiger charge is 2.23. The molecule has 0 bridgehead atoms. The van der Waals surface area contributed by atoms with Gasteiger partial charge in [0.25, 0.3) is 5.91 Å². The molecule has 1 fully saturated rings. The SMILES string of the molecule is O=C(NCC1CCCCC1Br)c1ccc2c(c1)CCO2. The van der Waals surface area contributed by atoms with E-state index in [4.69, 9.17) is 4.74 Å². The van der Waals surface area contributed by atoms with Crippen LogP contribution in [0.1, 0.15) is 41.6 Å². The Morgan fingerprint density at radius 1 is 1.35 bits per heavy atom. The first kappa shape index (κ1) is 13.9. The van der Waals surface area contributed by atoms with Gasteiger partial charge in [-0.3, -0.25) is 4.79 Å². The molecule has 0 aromatic heterocycles. The molecule has 0 saturated heterocycles. The molecule has 0 spiro atoms. The zero-order chi connectivity index (χ0) is 13.9. The number of amides is 1. The van der Waals surface area contributed by atoms with E-state index in [2.05, 4.69) is 21.2 Å². The molecule has 2 atom stereocenters. The Labute approximate surface area is 128 Å². The predicted octanol–water partition coefficient (Wildman–Crippen LogP) is 3.31. The van der Waals surface area contributed by atoms with Gasteiger partial charge in [-0.05, 0) is 42.5 Å². The van der Waals surface area contributed by atoms with Crippen molar-refractivity contribution in [1.29, 1.82) is 0 Å². The van der Waals surface area contributed by atoms with Gasteiger partial charge in [0.05, 0.1) is 6.61 Å². The van der Waals surface area contributed by atoms with Gasteiger partial charge >= 0.3 is 0 Å². The van der Waals surface area contributed by atoms with Crippen molar-refractivity contribution in [3.8, 4) is 5.75 Å². The average Bonchev–Trinajstić information content (AvgIpc) is 2.93. The third kappa shape index (κ3) is 3.00. The molecule has 3 nitrogen and oxygen atoms in total. The largest absolute Gasteiger partial charge is 0.493 e. The molecular formula is C16H20BrNO2. The molecule has 2 unspecified atom stereocenters. The molecular weight excluding hydrogens is 318 g/mol. The van der Waals surface area contributed by atoms with Crippen LogP contribution in [0.25, 0.3) is 0 Å². The van der Waals surface area contributed by atoms with Crippen molar-refractivity contribution in [2.45, 2.75) is 36.9 Å². The number of halogens is 1. The fourth-order valence-corrected chi connectivity index (χ4v) is 3.82. The molecule has 1 N–H and O–H groups in total. The Hall–Kier alpha value is -1.03. The first-order valence-corrected chi connectivity index (χ1v) is 8.33. The topological polar surface area (TPSA) is 38.3 Å². The van der Waals surface area contributed by atoms with Crippen molar-refractivity contribution in [3.05, 3.63) is 29.3 Å². The van der Waals surface area contributed by atoms with Gasteiger partial charge in [-0.2, -0.15) is 0 Å². The monoisotopic (exact) mass is 337 g/mol. The van der Waals surface area contributed by atoms with Gasteiger partial charge in [0.2, 0.25) is 0 Å². The number of carbonyl (C=O) groups excluding carboxylic acids is 1. The molecule has 2 aliphatic rings. The van der Waals surface area contributed by atoms with Crippen molar-refractivity contribution in [2.75, 3.05) is 13.2 Å². The fourth-order valence-electron chi connectivity index (χ4n) is 3.05. The van der Waals surface area contributed by atoms with Crippen molar-refractivity contribution >= 4 is 21.8 Å². The van der Waals surface area contributed by atoms with E-state index in [1.165, 1.54) is 25.7 Å². The highest BCUT2D eigenvalue weighted by molar-refractivity contribution is 9.09. The van der Waals surface area contributed by atoms with E-state index >= 15 is 0 Å². The molecule has 3 rings (SSSR count). The van der Waals surface area contributed by atoms with Crippen LogP contribution < -0.4 is 10.1 Å². The minimum Gasteiger partial charge on any atom is -0.493 e. The lowest BCUT2D eigenvalue weighted by Crippen LogP contribution is -2.34. The van der Waals surface area contributed by atoms with E-state index in [1.807, 2.05) is 18.2 Å². The Morgan fingerprint density at radius 3 is 3.05 bits per heavy atom. The van der Waals surface area contributed by atoms with Crippen LogP contribution in [0.4, 0.5) is 0 Å². The van der Waals surface area contributed by atoms with Gasteiger partial charge in [0.1, 0.15) is 5.75 Å². The quantitative estimate of drug-likeness (QED) is 0.859. The Balaban J connectivity index is 1.59. The van der Waals surface area contributed by atoms with Gasteiger partial charge in [0, 0.05) is 23.4 Å². The summed E-state index contributed by atoms with van der Waals surface area (Å²) < 4.78 is 5.46. The molecule has 108 valence electrons. The van der Waals surface area contributed by atoms with Crippen LogP contribution in [-0.4, -0.2) is 23.9 Å². The summed E-state index contributed by atoms with van der Waals surface area (Å²) >= 11 is 3.73. The van der Waals surface area contributed by atoms with E-state index in [0.29, 0.717) is 10.7 Å². The van der Waals surface area contributed by atoms with Gasteiger partial charge in [-0.1, -0.05) is 28.8 Å². The summed E-state index contributed by atoms with van der Waals surface area (Å²) in [6, 6.07) is 5.72. The van der Waals surface area contributed by atoms with Crippen LogP contribution in [0.2, 0.25) is 0 Å². The minimum atomic E-state index is 0.0324. The first-order chi connectivity index (χ1) is 9.74. The van der Waals surface area contributed by atoms with Crippen LogP contribution >= 0.6 is 15.9 Å². The number of carbonyl (C=O) groups is 1. The van der Waals surface area contributed by atoms with Gasteiger partial charge in [-0.15, -0.1) is 0 Å². The summed E-state index contributed by atoms with van der Waals surface area (Å²) in [5.41, 5.74) is 1.89. The lowest BCUT2D eigenvalue weighted by molar-refractivity contribution is 0.0944. The summed E-state index contributed by atoms with van der Waals surface area (Å²) in [7, 11) is 0. The molecule has 0 radical (unpaired) electrons. The smallest absolute Gasteiger partial charge is 0.251 e. The number of alkyl halides is 1. The Morgan fingerprint density at radius 2 is 2.20 bits per heavy atom. The molecule has 1 aromatic rings. The number of rotatable bonds is 3. The summed E-state index contributed by atoms with van der Waals surface area (Å²) in [4.78, 5) is 12.8. The second-order valence-electron chi connectivity index (χ2n) is 5.69. The minimum absolute atomic E-state index is 0.0324. The van der Waals surface area contributed by atoms with Gasteiger partial charge < -0.3 is 10.1 Å². The standard InChI is InChI=1S/C16H20BrNO2/c17-14-4-2-1-3-13(14)10-18-16(19)12-5-6-15-11(9-12)7-8-20-15/h5-6,9,13-14H,1-4,7-8,10H2,(H,18,19). The average molecular weight is 338 g/mol. The van der Waals surface area contributed by atoms with Crippen LogP contribution in [-0.2, 0) is 6.42 Å². The highest BCUT2D eigenvalue weighted by Crippen LogP contribution is 2.29. The van der Waals surface area contributed by atoms with Crippen LogP contribution in [0.5, 0.6) is 5.75 Å². The molecule has 1 saturated carbocycles. The molecule has 4 heteroatoms. The third-order valence-electron chi connectivity index (χ3n) is 4.29. The summed E-state index contributed by atoms with van der Waals surface area (Å²) in [5.74, 6) is 1.52. The number of benzene rings is 1. The van der Waals surface area contributed by atoms with E-state index in [1.54, 1.807) is 0 Å². The summed E-state index contributed by atoms with van der Waals surface area (Å²) in [5, 5.41) is 3.08. The number of hydrogen-bond acceptors (Lipinski definition) is 2. The normalized spacial score (nSPS) is 24.9. The summed E-state index contributed by atoms with van der Waals surface area (Å²) in [6.45, 7) is 1.50. The number of hydrogen-bond donors (Lipinski definition) is 1.